The van der Waals surface area contributed by atoms with Crippen LogP contribution in [0.3, 0.4) is 0 Å². The lowest BCUT2D eigenvalue weighted by Gasteiger charge is -1.98. The Labute approximate surface area is 91.5 Å². The van der Waals surface area contributed by atoms with Crippen LogP contribution in [0.25, 0.3) is 0 Å². The van der Waals surface area contributed by atoms with Crippen molar-refractivity contribution in [3.8, 4) is 0 Å². The fraction of sp³-hybridized carbons (Fsp3) is 0.429. The maximum Gasteiger partial charge on any atom is 0.233 e. The quantitative estimate of drug-likeness (QED) is 0.600. The van der Waals surface area contributed by atoms with E-state index in [9.17, 15) is 8.42 Å². The van der Waals surface area contributed by atoms with Crippen molar-refractivity contribution in [2.45, 2.75) is 11.9 Å². The van der Waals surface area contributed by atoms with Gasteiger partial charge in [-0.1, -0.05) is 0 Å². The molecule has 0 saturated carbocycles. The average molecular weight is 253 g/mol. The van der Waals surface area contributed by atoms with Gasteiger partial charge in [-0.05, 0) is 18.6 Å². The largest absolute Gasteiger partial charge is 0.233 e. The molecule has 14 heavy (non-hydrogen) atoms. The average Bonchev–Trinajstić information content (AvgIpc) is 2.01. The number of hydrogen-bond donors (Lipinski definition) is 0. The zero-order chi connectivity index (χ0) is 10.6. The molecule has 0 saturated heterocycles. The second-order valence-corrected chi connectivity index (χ2v) is 6.67. The number of rotatable bonds is 4. The van der Waals surface area contributed by atoms with E-state index in [4.69, 9.17) is 10.7 Å². The van der Waals surface area contributed by atoms with Crippen LogP contribution in [0, 0.1) is 6.92 Å². The third-order valence-corrected chi connectivity index (χ3v) is 3.66. The first-order chi connectivity index (χ1) is 6.47. The molecule has 7 heteroatoms. The Morgan fingerprint density at radius 2 is 2.29 bits per heavy atom. The van der Waals surface area contributed by atoms with Gasteiger partial charge in [0.1, 0.15) is 5.03 Å². The highest BCUT2D eigenvalue weighted by molar-refractivity contribution is 8.14. The van der Waals surface area contributed by atoms with E-state index in [1.54, 1.807) is 6.20 Å². The number of nitrogens with zero attached hydrogens (tertiary/aromatic N) is 2. The number of hydrogen-bond acceptors (Lipinski definition) is 5. The molecule has 0 spiro atoms. The topological polar surface area (TPSA) is 59.9 Å². The van der Waals surface area contributed by atoms with E-state index < -0.39 is 9.05 Å². The van der Waals surface area contributed by atoms with Gasteiger partial charge in [0.05, 0.1) is 11.9 Å². The SMILES string of the molecule is Cc1cnnc(SCCS(=O)(=O)Cl)c1. The molecule has 4 nitrogen and oxygen atoms in total. The lowest BCUT2D eigenvalue weighted by atomic mass is 10.4. The van der Waals surface area contributed by atoms with E-state index in [0.717, 1.165) is 5.56 Å². The molecule has 0 fully saturated rings. The molecule has 0 amide bonds. The highest BCUT2D eigenvalue weighted by atomic mass is 35.7. The molecule has 1 heterocycles. The van der Waals surface area contributed by atoms with Crippen LogP contribution in [0.2, 0.25) is 0 Å². The summed E-state index contributed by atoms with van der Waals surface area (Å²) < 4.78 is 21.2. The molecule has 0 unspecified atom stereocenters. The van der Waals surface area contributed by atoms with Gasteiger partial charge in [-0.25, -0.2) is 8.42 Å². The van der Waals surface area contributed by atoms with Crippen LogP contribution in [0.1, 0.15) is 5.56 Å². The summed E-state index contributed by atoms with van der Waals surface area (Å²) in [6.45, 7) is 1.90. The molecule has 0 N–H and O–H groups in total. The van der Waals surface area contributed by atoms with Gasteiger partial charge in [-0.15, -0.1) is 16.9 Å². The third kappa shape index (κ3) is 4.78. The summed E-state index contributed by atoms with van der Waals surface area (Å²) in [6.07, 6.45) is 1.64. The van der Waals surface area contributed by atoms with E-state index in [1.165, 1.54) is 11.8 Å². The molecular formula is C7H9ClN2O2S2. The Kier molecular flexibility index (Phi) is 4.15. The first-order valence-electron chi connectivity index (χ1n) is 3.82. The van der Waals surface area contributed by atoms with Gasteiger partial charge in [0.25, 0.3) is 0 Å². The Morgan fingerprint density at radius 3 is 2.86 bits per heavy atom. The monoisotopic (exact) mass is 252 g/mol. The molecular weight excluding hydrogens is 244 g/mol. The number of aromatic nitrogens is 2. The lowest BCUT2D eigenvalue weighted by Crippen LogP contribution is -2.00. The minimum atomic E-state index is -3.40. The Hall–Kier alpha value is -0.330. The summed E-state index contributed by atoms with van der Waals surface area (Å²) in [7, 11) is 1.65. The van der Waals surface area contributed by atoms with E-state index in [1.807, 2.05) is 13.0 Å². The van der Waals surface area contributed by atoms with Gasteiger partial charge in [-0.2, -0.15) is 5.10 Å². The first kappa shape index (κ1) is 11.7. The second kappa shape index (κ2) is 4.95. The highest BCUT2D eigenvalue weighted by Crippen LogP contribution is 2.15. The van der Waals surface area contributed by atoms with E-state index >= 15 is 0 Å². The molecule has 0 aliphatic heterocycles. The van der Waals surface area contributed by atoms with Crippen LogP contribution < -0.4 is 0 Å². The second-order valence-electron chi connectivity index (χ2n) is 2.66. The van der Waals surface area contributed by atoms with E-state index in [-0.39, 0.29) is 5.75 Å². The van der Waals surface area contributed by atoms with E-state index in [2.05, 4.69) is 10.2 Å². The third-order valence-electron chi connectivity index (χ3n) is 1.35. The number of halogens is 1. The lowest BCUT2D eigenvalue weighted by molar-refractivity contribution is 0.611. The van der Waals surface area contributed by atoms with Crippen LogP contribution in [0.15, 0.2) is 17.3 Å². The molecule has 0 aliphatic rings. The standard InChI is InChI=1S/C7H9ClN2O2S2/c1-6-4-7(10-9-5-6)13-2-3-14(8,11)12/h4-5H,2-3H2,1H3. The van der Waals surface area contributed by atoms with Crippen LogP contribution in [0.4, 0.5) is 0 Å². The maximum absolute atomic E-state index is 10.6. The first-order valence-corrected chi connectivity index (χ1v) is 7.28. The number of aryl methyl sites for hydroxylation is 1. The van der Waals surface area contributed by atoms with Gasteiger partial charge in [0.15, 0.2) is 0 Å². The van der Waals surface area contributed by atoms with Crippen molar-refractivity contribution in [2.24, 2.45) is 0 Å². The smallest absolute Gasteiger partial charge is 0.212 e. The van der Waals surface area contributed by atoms with Crippen LogP contribution in [-0.2, 0) is 9.05 Å². The molecule has 0 atom stereocenters. The summed E-state index contributed by atoms with van der Waals surface area (Å²) in [5.74, 6) is 0.332. The molecule has 0 bridgehead atoms. The minimum absolute atomic E-state index is 0.0607. The molecule has 78 valence electrons. The van der Waals surface area contributed by atoms with Crippen molar-refractivity contribution in [2.75, 3.05) is 11.5 Å². The minimum Gasteiger partial charge on any atom is -0.212 e. The number of thioether (sulfide) groups is 1. The van der Waals surface area contributed by atoms with Crippen LogP contribution in [-0.4, -0.2) is 30.1 Å². The van der Waals surface area contributed by atoms with E-state index in [0.29, 0.717) is 10.8 Å². The molecule has 1 rings (SSSR count). The predicted octanol–water partition coefficient (Wildman–Crippen LogP) is 1.45. The van der Waals surface area contributed by atoms with Crippen LogP contribution in [0.5, 0.6) is 0 Å². The van der Waals surface area contributed by atoms with Gasteiger partial charge in [0.2, 0.25) is 9.05 Å². The molecule has 0 aromatic carbocycles. The van der Waals surface area contributed by atoms with Crippen molar-refractivity contribution < 1.29 is 8.42 Å². The van der Waals surface area contributed by atoms with Gasteiger partial charge < -0.3 is 0 Å². The zero-order valence-corrected chi connectivity index (χ0v) is 9.86. The molecule has 0 aliphatic carbocycles. The van der Waals surface area contributed by atoms with Gasteiger partial charge in [-0.3, -0.25) is 0 Å². The van der Waals surface area contributed by atoms with Crippen molar-refractivity contribution in [1.29, 1.82) is 0 Å². The Bertz CT molecular complexity index is 408. The summed E-state index contributed by atoms with van der Waals surface area (Å²) in [6, 6.07) is 1.85. The Morgan fingerprint density at radius 1 is 1.57 bits per heavy atom. The molecule has 0 radical (unpaired) electrons. The summed E-state index contributed by atoms with van der Waals surface area (Å²) >= 11 is 1.32. The predicted molar refractivity (Wildman–Crippen MR) is 57.1 cm³/mol. The van der Waals surface area contributed by atoms with Gasteiger partial charge >= 0.3 is 0 Å². The van der Waals surface area contributed by atoms with Crippen molar-refractivity contribution in [3.63, 3.8) is 0 Å². The van der Waals surface area contributed by atoms with Gasteiger partial charge in [0, 0.05) is 16.4 Å². The summed E-state index contributed by atoms with van der Waals surface area (Å²) in [4.78, 5) is 0. The maximum atomic E-state index is 10.6. The van der Waals surface area contributed by atoms with Crippen LogP contribution >= 0.6 is 22.4 Å². The molecule has 1 aromatic rings. The summed E-state index contributed by atoms with van der Waals surface area (Å²) in [5, 5.41) is 8.29. The zero-order valence-electron chi connectivity index (χ0n) is 7.47. The fourth-order valence-corrected chi connectivity index (χ4v) is 3.03. The van der Waals surface area contributed by atoms with Crippen molar-refractivity contribution in [1.82, 2.24) is 10.2 Å². The Balaban J connectivity index is 2.47. The summed E-state index contributed by atoms with van der Waals surface area (Å²) in [5.41, 5.74) is 0.997. The van der Waals surface area contributed by atoms with Crippen molar-refractivity contribution >= 4 is 31.5 Å². The highest BCUT2D eigenvalue weighted by Gasteiger charge is 2.05. The molecule has 1 aromatic heterocycles. The van der Waals surface area contributed by atoms with Crippen molar-refractivity contribution in [3.05, 3.63) is 17.8 Å². The normalized spacial score (nSPS) is 11.6. The fourth-order valence-electron chi connectivity index (χ4n) is 0.754.